The van der Waals surface area contributed by atoms with Gasteiger partial charge < -0.3 is 28.5 Å². The molecule has 0 aromatic carbocycles. The highest BCUT2D eigenvalue weighted by atomic mass is 31.2. The number of nitrogens with zero attached hydrogens (tertiary/aromatic N) is 1. The number of nitrogens with one attached hydrogen (secondary N) is 1. The molecule has 10 heteroatoms. The summed E-state index contributed by atoms with van der Waals surface area (Å²) in [5, 5.41) is 2.99. The van der Waals surface area contributed by atoms with Crippen LogP contribution in [0, 0.1) is 0 Å². The predicted octanol–water partition coefficient (Wildman–Crippen LogP) is 18.9. The van der Waals surface area contributed by atoms with Crippen LogP contribution < -0.4 is 10.2 Å². The van der Waals surface area contributed by atoms with Crippen LogP contribution >= 0.6 is 7.82 Å². The van der Waals surface area contributed by atoms with Crippen molar-refractivity contribution in [1.82, 2.24) is 5.32 Å². The quantitative estimate of drug-likeness (QED) is 0.0212. The van der Waals surface area contributed by atoms with E-state index in [1.54, 1.807) is 0 Å². The summed E-state index contributed by atoms with van der Waals surface area (Å²) in [6, 6.07) is -0.931. The number of phosphoric ester groups is 1. The number of ether oxygens (including phenoxy) is 1. The fourth-order valence-corrected chi connectivity index (χ4v) is 9.03. The molecule has 3 unspecified atom stereocenters. The minimum absolute atomic E-state index is 0.0413. The van der Waals surface area contributed by atoms with Gasteiger partial charge in [0.1, 0.15) is 19.3 Å². The summed E-state index contributed by atoms with van der Waals surface area (Å²) in [6.45, 7) is 6.63. The third-order valence-corrected chi connectivity index (χ3v) is 14.1. The van der Waals surface area contributed by atoms with Crippen molar-refractivity contribution in [3.05, 3.63) is 122 Å². The lowest BCUT2D eigenvalue weighted by Crippen LogP contribution is -2.47. The van der Waals surface area contributed by atoms with Gasteiger partial charge in [0.15, 0.2) is 0 Å². The molecule has 0 aliphatic heterocycles. The Morgan fingerprint density at radius 2 is 0.833 bits per heavy atom. The second kappa shape index (κ2) is 56.7. The summed E-state index contributed by atoms with van der Waals surface area (Å²) >= 11 is 0. The van der Waals surface area contributed by atoms with Crippen molar-refractivity contribution < 1.29 is 37.3 Å². The fraction of sp³-hybridized carbons (Fsp3) is 0.676. The normalized spacial score (nSPS) is 14.5. The molecular weight excluding hydrogens is 988 g/mol. The highest BCUT2D eigenvalue weighted by Gasteiger charge is 2.27. The van der Waals surface area contributed by atoms with Gasteiger partial charge >= 0.3 is 5.97 Å². The first-order chi connectivity index (χ1) is 37.9. The van der Waals surface area contributed by atoms with E-state index in [0.29, 0.717) is 23.9 Å². The van der Waals surface area contributed by atoms with Crippen molar-refractivity contribution in [3.63, 3.8) is 0 Å². The van der Waals surface area contributed by atoms with Crippen LogP contribution in [-0.2, 0) is 27.9 Å². The summed E-state index contributed by atoms with van der Waals surface area (Å²) < 4.78 is 30.3. The lowest BCUT2D eigenvalue weighted by molar-refractivity contribution is -0.870. The van der Waals surface area contributed by atoms with Crippen LogP contribution in [0.15, 0.2) is 122 Å². The van der Waals surface area contributed by atoms with Gasteiger partial charge in [-0.1, -0.05) is 239 Å². The number of esters is 1. The number of unbranched alkanes of at least 4 members (excludes halogenated alkanes) is 21. The van der Waals surface area contributed by atoms with Gasteiger partial charge in [0.25, 0.3) is 7.82 Å². The number of allylic oxidation sites excluding steroid dienone is 19. The van der Waals surface area contributed by atoms with Crippen molar-refractivity contribution in [2.45, 2.75) is 258 Å². The smallest absolute Gasteiger partial charge is 0.306 e. The molecule has 446 valence electrons. The number of rotatable bonds is 55. The molecule has 0 bridgehead atoms. The van der Waals surface area contributed by atoms with Crippen LogP contribution in [-0.4, -0.2) is 69.4 Å². The van der Waals surface area contributed by atoms with E-state index in [-0.39, 0.29) is 31.3 Å². The van der Waals surface area contributed by atoms with E-state index in [1.165, 1.54) is 96.3 Å². The Kier molecular flexibility index (Phi) is 54.1. The summed E-state index contributed by atoms with van der Waals surface area (Å²) in [7, 11) is 1.12. The molecule has 0 spiro atoms. The number of likely N-dealkylation sites (N-methyl/N-ethyl adjacent to an activating group) is 1. The minimum Gasteiger partial charge on any atom is -0.756 e. The molecular formula is C68H117N2O7P. The molecule has 1 N–H and O–H groups in total. The summed E-state index contributed by atoms with van der Waals surface area (Å²) in [5.74, 6) is -0.629. The van der Waals surface area contributed by atoms with E-state index in [0.717, 1.165) is 103 Å². The monoisotopic (exact) mass is 1100 g/mol. The molecule has 0 rings (SSSR count). The van der Waals surface area contributed by atoms with E-state index in [1.807, 2.05) is 33.3 Å². The van der Waals surface area contributed by atoms with Crippen molar-refractivity contribution in [2.75, 3.05) is 40.9 Å². The number of hydrogen-bond acceptors (Lipinski definition) is 7. The largest absolute Gasteiger partial charge is 0.756 e. The maximum Gasteiger partial charge on any atom is 0.306 e. The minimum atomic E-state index is -4.72. The average molecular weight is 1110 g/mol. The molecule has 0 radical (unpaired) electrons. The van der Waals surface area contributed by atoms with Crippen molar-refractivity contribution in [2.24, 2.45) is 0 Å². The summed E-state index contributed by atoms with van der Waals surface area (Å²) in [4.78, 5) is 40.0. The molecule has 3 atom stereocenters. The van der Waals surface area contributed by atoms with Gasteiger partial charge in [-0.25, -0.2) is 0 Å². The Balaban J connectivity index is 5.33. The van der Waals surface area contributed by atoms with E-state index in [2.05, 4.69) is 135 Å². The van der Waals surface area contributed by atoms with Gasteiger partial charge in [-0.3, -0.25) is 14.2 Å². The zero-order valence-electron chi connectivity index (χ0n) is 50.8. The fourth-order valence-electron chi connectivity index (χ4n) is 8.30. The second-order valence-electron chi connectivity index (χ2n) is 21.8. The molecule has 9 nitrogen and oxygen atoms in total. The van der Waals surface area contributed by atoms with E-state index in [9.17, 15) is 19.0 Å². The molecule has 0 heterocycles. The highest BCUT2D eigenvalue weighted by molar-refractivity contribution is 7.45. The topological polar surface area (TPSA) is 114 Å². The lowest BCUT2D eigenvalue weighted by Gasteiger charge is -2.30. The Labute approximate surface area is 480 Å². The highest BCUT2D eigenvalue weighted by Crippen LogP contribution is 2.38. The van der Waals surface area contributed by atoms with Crippen LogP contribution in [0.5, 0.6) is 0 Å². The van der Waals surface area contributed by atoms with Gasteiger partial charge in [-0.05, 0) is 115 Å². The van der Waals surface area contributed by atoms with Crippen molar-refractivity contribution in [3.8, 4) is 0 Å². The Morgan fingerprint density at radius 3 is 1.28 bits per heavy atom. The molecule has 0 aromatic rings. The van der Waals surface area contributed by atoms with Crippen LogP contribution in [0.25, 0.3) is 0 Å². The van der Waals surface area contributed by atoms with Crippen LogP contribution in [0.1, 0.15) is 245 Å². The van der Waals surface area contributed by atoms with E-state index < -0.39 is 26.6 Å². The van der Waals surface area contributed by atoms with E-state index in [4.69, 9.17) is 13.8 Å². The molecule has 0 fully saturated rings. The molecule has 0 aliphatic carbocycles. The first-order valence-corrected chi connectivity index (χ1v) is 32.8. The number of amides is 1. The number of quaternary nitrogens is 1. The number of hydrogen-bond donors (Lipinski definition) is 1. The summed E-state index contributed by atoms with van der Waals surface area (Å²) in [6.07, 6.45) is 78.9. The van der Waals surface area contributed by atoms with E-state index >= 15 is 0 Å². The molecule has 78 heavy (non-hydrogen) atoms. The molecule has 0 saturated carbocycles. The Morgan fingerprint density at radius 1 is 0.462 bits per heavy atom. The number of carbonyl (C=O) groups is 2. The van der Waals surface area contributed by atoms with Crippen LogP contribution in [0.3, 0.4) is 0 Å². The van der Waals surface area contributed by atoms with Crippen LogP contribution in [0.2, 0.25) is 0 Å². The third-order valence-electron chi connectivity index (χ3n) is 13.1. The lowest BCUT2D eigenvalue weighted by atomic mass is 10.1. The SMILES string of the molecule is CC/C=C\C/C=C\C/C=C\C/C=C\C/C=C\CCCC(=O)NC(COP(=O)([O-])OCC[N+](C)(C)C)C(/C=C\CCCCCCCCCCCC)OC(=O)CCCCCCCCC/C=C\C/C=C\C/C=C\C/C=C\CCCCC. The predicted molar refractivity (Wildman–Crippen MR) is 334 cm³/mol. The Bertz CT molecular complexity index is 1750. The Hall–Kier alpha value is -3.59. The first-order valence-electron chi connectivity index (χ1n) is 31.3. The van der Waals surface area contributed by atoms with Gasteiger partial charge in [0.2, 0.25) is 5.91 Å². The van der Waals surface area contributed by atoms with Crippen molar-refractivity contribution in [1.29, 1.82) is 0 Å². The zero-order chi connectivity index (χ0) is 57.2. The standard InChI is InChI=1S/C68H117N2O7P/c1-7-10-13-16-19-22-25-28-30-32-33-34-35-36-37-39-41-43-46-49-52-55-58-61-68(72)77-66(59-56-53-50-47-44-27-24-21-18-15-12-9-3)65(64-76-78(73,74)75-63-62-70(4,5)6)69-67(71)60-57-54-51-48-45-42-40-38-31-29-26-23-20-17-14-11-8-2/h11,14,19-20,22-23,28-31,33-34,36-37,40,42,48,51,56,59,65-66H,7-10,12-13,15-18,21,24-27,32,35,38-39,41,43-47,49-50,52-55,57-58,60-64H2,1-6H3,(H-,69,71,73,74)/b14-11-,22-19-,23-20-,30-28-,31-29-,34-33-,37-36-,42-40-,51-48-,59-56-. The van der Waals surface area contributed by atoms with Gasteiger partial charge in [-0.15, -0.1) is 0 Å². The second-order valence-corrected chi connectivity index (χ2v) is 23.2. The maximum absolute atomic E-state index is 13.5. The molecule has 0 saturated heterocycles. The maximum atomic E-state index is 13.5. The van der Waals surface area contributed by atoms with Gasteiger partial charge in [-0.2, -0.15) is 0 Å². The molecule has 0 aliphatic rings. The zero-order valence-corrected chi connectivity index (χ0v) is 51.7. The van der Waals surface area contributed by atoms with Gasteiger partial charge in [0.05, 0.1) is 33.8 Å². The van der Waals surface area contributed by atoms with Crippen molar-refractivity contribution >= 4 is 19.7 Å². The third kappa shape index (κ3) is 57.1. The molecule has 0 aromatic heterocycles. The first kappa shape index (κ1) is 74.4. The number of carbonyl (C=O) groups excluding carboxylic acids is 2. The number of phosphoric acid groups is 1. The van der Waals surface area contributed by atoms with Crippen LogP contribution in [0.4, 0.5) is 0 Å². The van der Waals surface area contributed by atoms with Gasteiger partial charge in [0, 0.05) is 12.8 Å². The average Bonchev–Trinajstić information content (AvgIpc) is 3.40. The molecule has 1 amide bonds. The summed E-state index contributed by atoms with van der Waals surface area (Å²) in [5.41, 5.74) is 0.